The average Bonchev–Trinajstić information content (AvgIpc) is 3.08. The minimum absolute atomic E-state index is 0.102. The van der Waals surface area contributed by atoms with Gasteiger partial charge < -0.3 is 0 Å². The summed E-state index contributed by atoms with van der Waals surface area (Å²) in [5.41, 5.74) is 1.03. The molecule has 3 heteroatoms. The molecule has 1 fully saturated rings. The van der Waals surface area contributed by atoms with Gasteiger partial charge in [0.2, 0.25) is 0 Å². The van der Waals surface area contributed by atoms with Crippen molar-refractivity contribution in [2.45, 2.75) is 31.1 Å². The highest BCUT2D eigenvalue weighted by Crippen LogP contribution is 2.51. The third-order valence-electron chi connectivity index (χ3n) is 3.22. The Hall–Kier alpha value is -1.27. The van der Waals surface area contributed by atoms with E-state index in [1.807, 2.05) is 24.3 Å². The van der Waals surface area contributed by atoms with Crippen LogP contribution in [0.2, 0.25) is 0 Å². The molecule has 1 aliphatic rings. The van der Waals surface area contributed by atoms with Crippen LogP contribution in [-0.4, -0.2) is 11.5 Å². The van der Waals surface area contributed by atoms with Crippen molar-refractivity contribution >= 4 is 17.5 Å². The number of hydrogen-bond acceptors (Lipinski definition) is 3. The van der Waals surface area contributed by atoms with Gasteiger partial charge in [-0.05, 0) is 37.3 Å². The molecule has 88 valence electrons. The Morgan fingerprint density at radius 3 is 2.53 bits per heavy atom. The van der Waals surface area contributed by atoms with Crippen LogP contribution < -0.4 is 0 Å². The molecule has 0 aliphatic heterocycles. The molecule has 0 N–H and O–H groups in total. The first-order valence-corrected chi connectivity index (χ1v) is 6.75. The van der Waals surface area contributed by atoms with Crippen molar-refractivity contribution in [2.24, 2.45) is 5.41 Å². The van der Waals surface area contributed by atoms with Crippen LogP contribution in [0.15, 0.2) is 29.2 Å². The second-order valence-electron chi connectivity index (χ2n) is 4.70. The number of carbonyl (C=O) groups excluding carboxylic acids is 1. The molecule has 1 saturated carbocycles. The van der Waals surface area contributed by atoms with Crippen LogP contribution in [0.1, 0.15) is 36.5 Å². The summed E-state index contributed by atoms with van der Waals surface area (Å²) in [7, 11) is 0. The van der Waals surface area contributed by atoms with Gasteiger partial charge in [-0.1, -0.05) is 12.1 Å². The lowest BCUT2D eigenvalue weighted by Gasteiger charge is -2.10. The number of nitrogens with zero attached hydrogens (tertiary/aromatic N) is 1. The highest BCUT2D eigenvalue weighted by molar-refractivity contribution is 7.99. The molecule has 0 amide bonds. The maximum atomic E-state index is 11.1. The molecule has 0 bridgehead atoms. The first-order valence-electron chi connectivity index (χ1n) is 5.76. The topological polar surface area (TPSA) is 40.9 Å². The minimum Gasteiger partial charge on any atom is -0.295 e. The van der Waals surface area contributed by atoms with Gasteiger partial charge in [0.05, 0.1) is 6.07 Å². The number of rotatable bonds is 5. The lowest BCUT2D eigenvalue weighted by atomic mass is 10.1. The number of ketones is 1. The van der Waals surface area contributed by atoms with Crippen LogP contribution in [0.5, 0.6) is 0 Å². The first kappa shape index (κ1) is 12.2. The Labute approximate surface area is 106 Å². The summed E-state index contributed by atoms with van der Waals surface area (Å²) >= 11 is 1.79. The molecule has 1 aromatic rings. The third-order valence-corrected chi connectivity index (χ3v) is 4.58. The Morgan fingerprint density at radius 1 is 1.41 bits per heavy atom. The van der Waals surface area contributed by atoms with Gasteiger partial charge in [0.25, 0.3) is 0 Å². The van der Waals surface area contributed by atoms with E-state index < -0.39 is 0 Å². The molecular weight excluding hydrogens is 230 g/mol. The number of hydrogen-bond donors (Lipinski definition) is 0. The Bertz CT molecular complexity index is 454. The van der Waals surface area contributed by atoms with Crippen molar-refractivity contribution < 1.29 is 4.79 Å². The molecule has 0 heterocycles. The highest BCUT2D eigenvalue weighted by atomic mass is 32.2. The number of nitriles is 1. The summed E-state index contributed by atoms with van der Waals surface area (Å²) in [5, 5.41) is 8.74. The summed E-state index contributed by atoms with van der Waals surface area (Å²) in [5.74, 6) is 1.12. The lowest BCUT2D eigenvalue weighted by molar-refractivity contribution is 0.101. The van der Waals surface area contributed by atoms with E-state index in [0.29, 0.717) is 6.42 Å². The summed E-state index contributed by atoms with van der Waals surface area (Å²) in [6.07, 6.45) is 3.03. The van der Waals surface area contributed by atoms with E-state index in [-0.39, 0.29) is 11.2 Å². The van der Waals surface area contributed by atoms with Gasteiger partial charge >= 0.3 is 0 Å². The van der Waals surface area contributed by atoms with Crippen molar-refractivity contribution in [3.8, 4) is 6.07 Å². The highest BCUT2D eigenvalue weighted by Gasteiger charge is 2.42. The molecule has 0 radical (unpaired) electrons. The summed E-state index contributed by atoms with van der Waals surface area (Å²) < 4.78 is 0. The van der Waals surface area contributed by atoms with Gasteiger partial charge in [0.15, 0.2) is 5.78 Å². The Balaban J connectivity index is 1.92. The normalized spacial score (nSPS) is 16.2. The molecule has 2 rings (SSSR count). The Kier molecular flexibility index (Phi) is 3.54. The van der Waals surface area contributed by atoms with Crippen molar-refractivity contribution in [1.82, 2.24) is 0 Å². The van der Waals surface area contributed by atoms with Crippen LogP contribution in [0.3, 0.4) is 0 Å². The standard InChI is InChI=1S/C14H15NOS/c1-11(16)12-2-4-13(5-3-12)17-10-14(6-7-14)8-9-15/h2-5H,6-8,10H2,1H3. The number of thioether (sulfide) groups is 1. The van der Waals surface area contributed by atoms with Crippen LogP contribution in [0.25, 0.3) is 0 Å². The van der Waals surface area contributed by atoms with Crippen LogP contribution in [-0.2, 0) is 0 Å². The van der Waals surface area contributed by atoms with E-state index >= 15 is 0 Å². The van der Waals surface area contributed by atoms with Crippen molar-refractivity contribution in [3.05, 3.63) is 29.8 Å². The predicted octanol–water partition coefficient (Wildman–Crippen LogP) is 3.68. The third kappa shape index (κ3) is 3.10. The van der Waals surface area contributed by atoms with E-state index in [0.717, 1.165) is 11.3 Å². The van der Waals surface area contributed by atoms with Gasteiger partial charge in [-0.15, -0.1) is 11.8 Å². The fourth-order valence-electron chi connectivity index (χ4n) is 1.74. The maximum absolute atomic E-state index is 11.1. The second kappa shape index (κ2) is 4.93. The lowest BCUT2D eigenvalue weighted by Crippen LogP contribution is -2.02. The fraction of sp³-hybridized carbons (Fsp3) is 0.429. The molecule has 1 aliphatic carbocycles. The summed E-state index contributed by atoms with van der Waals surface area (Å²) in [6, 6.07) is 9.99. The van der Waals surface area contributed by atoms with Crippen molar-refractivity contribution in [2.75, 3.05) is 5.75 Å². The zero-order valence-corrected chi connectivity index (χ0v) is 10.7. The van der Waals surface area contributed by atoms with Gasteiger partial charge in [-0.3, -0.25) is 4.79 Å². The molecule has 0 spiro atoms. The zero-order chi connectivity index (χ0) is 12.3. The average molecular weight is 245 g/mol. The van der Waals surface area contributed by atoms with Gasteiger partial charge in [-0.2, -0.15) is 5.26 Å². The summed E-state index contributed by atoms with van der Waals surface area (Å²) in [6.45, 7) is 1.58. The summed E-state index contributed by atoms with van der Waals surface area (Å²) in [4.78, 5) is 12.3. The molecule has 2 nitrogen and oxygen atoms in total. The van der Waals surface area contributed by atoms with Crippen molar-refractivity contribution in [1.29, 1.82) is 5.26 Å². The van der Waals surface area contributed by atoms with Gasteiger partial charge in [0, 0.05) is 22.6 Å². The SMILES string of the molecule is CC(=O)c1ccc(SCC2(CC#N)CC2)cc1. The molecular formula is C14H15NOS. The fourth-order valence-corrected chi connectivity index (χ4v) is 2.93. The van der Waals surface area contributed by atoms with Crippen LogP contribution in [0, 0.1) is 16.7 Å². The number of Topliss-reactive ketones (excluding diaryl/α,β-unsaturated/α-hetero) is 1. The number of carbonyl (C=O) groups is 1. The largest absolute Gasteiger partial charge is 0.295 e. The second-order valence-corrected chi connectivity index (χ2v) is 5.75. The van der Waals surface area contributed by atoms with E-state index in [2.05, 4.69) is 6.07 Å². The molecule has 17 heavy (non-hydrogen) atoms. The zero-order valence-electron chi connectivity index (χ0n) is 9.90. The first-order chi connectivity index (χ1) is 8.15. The van der Waals surface area contributed by atoms with E-state index in [1.165, 1.54) is 17.7 Å². The molecule has 0 aromatic heterocycles. The minimum atomic E-state index is 0.102. The van der Waals surface area contributed by atoms with E-state index in [4.69, 9.17) is 5.26 Å². The van der Waals surface area contributed by atoms with E-state index in [9.17, 15) is 4.79 Å². The quantitative estimate of drug-likeness (QED) is 0.587. The smallest absolute Gasteiger partial charge is 0.159 e. The molecule has 1 aromatic carbocycles. The molecule has 0 atom stereocenters. The molecule has 0 unspecified atom stereocenters. The van der Waals surface area contributed by atoms with Crippen molar-refractivity contribution in [3.63, 3.8) is 0 Å². The maximum Gasteiger partial charge on any atom is 0.159 e. The number of benzene rings is 1. The van der Waals surface area contributed by atoms with Gasteiger partial charge in [-0.25, -0.2) is 0 Å². The van der Waals surface area contributed by atoms with Crippen LogP contribution in [0.4, 0.5) is 0 Å². The Morgan fingerprint density at radius 2 is 2.06 bits per heavy atom. The van der Waals surface area contributed by atoms with E-state index in [1.54, 1.807) is 18.7 Å². The van der Waals surface area contributed by atoms with Crippen LogP contribution >= 0.6 is 11.8 Å². The predicted molar refractivity (Wildman–Crippen MR) is 69.1 cm³/mol. The monoisotopic (exact) mass is 245 g/mol. The van der Waals surface area contributed by atoms with Gasteiger partial charge in [0.1, 0.15) is 0 Å². The molecule has 0 saturated heterocycles.